The number of pyridine rings is 1. The zero-order valence-electron chi connectivity index (χ0n) is 18.8. The van der Waals surface area contributed by atoms with Gasteiger partial charge in [0.25, 0.3) is 5.95 Å². The number of nitrogens with zero attached hydrogens (tertiary/aromatic N) is 6. The minimum absolute atomic E-state index is 0.0331. The maximum atomic E-state index is 11.5. The van der Waals surface area contributed by atoms with E-state index < -0.39 is 0 Å². The highest BCUT2D eigenvalue weighted by Gasteiger charge is 2.29. The summed E-state index contributed by atoms with van der Waals surface area (Å²) in [7, 11) is 0. The lowest BCUT2D eigenvalue weighted by Gasteiger charge is -2.18. The molecule has 0 saturated heterocycles. The Kier molecular flexibility index (Phi) is 5.91. The van der Waals surface area contributed by atoms with Gasteiger partial charge in [-0.25, -0.2) is 5.01 Å². The minimum atomic E-state index is -0.124. The van der Waals surface area contributed by atoms with Gasteiger partial charge >= 0.3 is 0 Å². The van der Waals surface area contributed by atoms with Crippen molar-refractivity contribution in [3.63, 3.8) is 0 Å². The van der Waals surface area contributed by atoms with Crippen molar-refractivity contribution in [1.29, 1.82) is 0 Å². The number of aromatic nitrogens is 4. The number of nitrogens with one attached hydrogen (secondary N) is 1. The first-order chi connectivity index (χ1) is 16.5. The number of benzene rings is 1. The molecule has 3 aromatic heterocycles. The van der Waals surface area contributed by atoms with Crippen molar-refractivity contribution in [2.75, 3.05) is 16.9 Å². The van der Waals surface area contributed by atoms with Crippen molar-refractivity contribution in [3.8, 4) is 5.00 Å². The van der Waals surface area contributed by atoms with Crippen LogP contribution in [-0.2, 0) is 17.8 Å². The fourth-order valence-electron chi connectivity index (χ4n) is 3.96. The second-order valence-corrected chi connectivity index (χ2v) is 8.78. The second kappa shape index (κ2) is 9.16. The van der Waals surface area contributed by atoms with Crippen LogP contribution in [0, 0.1) is 6.92 Å². The summed E-state index contributed by atoms with van der Waals surface area (Å²) in [6.07, 6.45) is 4.05. The molecule has 0 atom stereocenters. The van der Waals surface area contributed by atoms with Gasteiger partial charge in [0.15, 0.2) is 0 Å². The van der Waals surface area contributed by atoms with Crippen LogP contribution in [0.15, 0.2) is 59.3 Å². The predicted molar refractivity (Wildman–Crippen MR) is 132 cm³/mol. The third-order valence-electron chi connectivity index (χ3n) is 5.46. The third kappa shape index (κ3) is 4.09. The van der Waals surface area contributed by atoms with Crippen LogP contribution in [0.25, 0.3) is 5.00 Å². The Labute approximate surface area is 200 Å². The lowest BCUT2D eigenvalue weighted by molar-refractivity contribution is -0.114. The van der Waals surface area contributed by atoms with Crippen LogP contribution >= 0.6 is 11.3 Å². The van der Waals surface area contributed by atoms with E-state index in [1.165, 1.54) is 6.92 Å². The molecule has 9 nitrogen and oxygen atoms in total. The Balaban J connectivity index is 1.69. The van der Waals surface area contributed by atoms with E-state index in [2.05, 4.69) is 25.9 Å². The second-order valence-electron chi connectivity index (χ2n) is 7.92. The monoisotopic (exact) mass is 473 g/mol. The molecule has 0 fully saturated rings. The fourth-order valence-corrected chi connectivity index (χ4v) is 5.12. The van der Waals surface area contributed by atoms with Crippen molar-refractivity contribution < 1.29 is 9.90 Å². The Morgan fingerprint density at radius 2 is 2.00 bits per heavy atom. The zero-order chi connectivity index (χ0) is 23.7. The Morgan fingerprint density at radius 1 is 1.18 bits per heavy atom. The predicted octanol–water partition coefficient (Wildman–Crippen LogP) is 3.30. The van der Waals surface area contributed by atoms with Gasteiger partial charge in [-0.3, -0.25) is 14.3 Å². The van der Waals surface area contributed by atoms with E-state index in [0.29, 0.717) is 24.6 Å². The van der Waals surface area contributed by atoms with Gasteiger partial charge in [0.1, 0.15) is 16.5 Å². The molecule has 4 aromatic rings. The molecule has 1 aliphatic rings. The van der Waals surface area contributed by atoms with Crippen LogP contribution in [0.3, 0.4) is 0 Å². The number of hydrogen-bond donors (Lipinski definition) is 2. The molecular weight excluding hydrogens is 450 g/mol. The average molecular weight is 474 g/mol. The van der Waals surface area contributed by atoms with Crippen LogP contribution < -0.4 is 10.3 Å². The Hall–Kier alpha value is -3.89. The summed E-state index contributed by atoms with van der Waals surface area (Å²) in [5, 5.41) is 31.2. The summed E-state index contributed by atoms with van der Waals surface area (Å²) in [5.41, 5.74) is 5.31. The summed E-state index contributed by atoms with van der Waals surface area (Å²) in [4.78, 5) is 15.7. The number of hydrogen-bond acceptors (Lipinski definition) is 8. The van der Waals surface area contributed by atoms with E-state index in [0.717, 1.165) is 38.8 Å². The largest absolute Gasteiger partial charge is 0.396 e. The van der Waals surface area contributed by atoms with Crippen LogP contribution in [0.2, 0.25) is 0 Å². The van der Waals surface area contributed by atoms with Crippen LogP contribution in [0.5, 0.6) is 0 Å². The number of amides is 1. The molecule has 0 radical (unpaired) electrons. The Bertz CT molecular complexity index is 1360. The van der Waals surface area contributed by atoms with Crippen molar-refractivity contribution in [3.05, 3.63) is 82.3 Å². The van der Waals surface area contributed by atoms with E-state index in [-0.39, 0.29) is 12.5 Å². The molecule has 1 amide bonds. The van der Waals surface area contributed by atoms with Gasteiger partial charge in [0.2, 0.25) is 5.91 Å². The number of anilines is 2. The van der Waals surface area contributed by atoms with Gasteiger partial charge < -0.3 is 10.4 Å². The number of aryl methyl sites for hydroxylation is 1. The Morgan fingerprint density at radius 3 is 2.71 bits per heavy atom. The number of carbonyl (C=O) groups is 1. The van der Waals surface area contributed by atoms with Gasteiger partial charge in [-0.15, -0.1) is 21.5 Å². The van der Waals surface area contributed by atoms with Crippen molar-refractivity contribution in [2.45, 2.75) is 26.8 Å². The topological polar surface area (TPSA) is 109 Å². The highest BCUT2D eigenvalue weighted by Crippen LogP contribution is 2.36. The van der Waals surface area contributed by atoms with Gasteiger partial charge in [-0.2, -0.15) is 5.10 Å². The molecule has 34 heavy (non-hydrogen) atoms. The normalized spacial score (nSPS) is 12.6. The molecule has 172 valence electrons. The quantitative estimate of drug-likeness (QED) is 0.445. The molecule has 0 unspecified atom stereocenters. The highest BCUT2D eigenvalue weighted by atomic mass is 32.1. The molecule has 5 rings (SSSR count). The van der Waals surface area contributed by atoms with Crippen molar-refractivity contribution >= 4 is 34.6 Å². The molecule has 2 N–H and O–H groups in total. The molecular formula is C24H23N7O2S. The summed E-state index contributed by atoms with van der Waals surface area (Å²) < 4.78 is 2.01. The van der Waals surface area contributed by atoms with Gasteiger partial charge in [0, 0.05) is 42.7 Å². The summed E-state index contributed by atoms with van der Waals surface area (Å²) in [6, 6.07) is 11.5. The number of rotatable bonds is 6. The van der Waals surface area contributed by atoms with Gasteiger partial charge in [0.05, 0.1) is 6.54 Å². The first kappa shape index (κ1) is 21.9. The molecule has 0 spiro atoms. The molecule has 10 heteroatoms. The van der Waals surface area contributed by atoms with Crippen LogP contribution in [-0.4, -0.2) is 43.1 Å². The van der Waals surface area contributed by atoms with Gasteiger partial charge in [-0.1, -0.05) is 18.2 Å². The molecule has 1 aliphatic heterocycles. The summed E-state index contributed by atoms with van der Waals surface area (Å²) >= 11 is 1.58. The number of carbonyl (C=O) groups excluding carboxylic acids is 1. The van der Waals surface area contributed by atoms with Crippen molar-refractivity contribution in [2.24, 2.45) is 5.10 Å². The number of fused-ring (bicyclic) bond motifs is 3. The summed E-state index contributed by atoms with van der Waals surface area (Å²) in [6.45, 7) is 3.90. The van der Waals surface area contributed by atoms with Crippen LogP contribution in [0.1, 0.15) is 35.0 Å². The molecule has 4 heterocycles. The maximum absolute atomic E-state index is 11.5. The van der Waals surface area contributed by atoms with Crippen LogP contribution in [0.4, 0.5) is 11.6 Å². The van der Waals surface area contributed by atoms with E-state index in [1.807, 2.05) is 59.1 Å². The molecule has 1 aromatic carbocycles. The van der Waals surface area contributed by atoms with Gasteiger partial charge in [-0.05, 0) is 48.1 Å². The number of thiophene rings is 1. The highest BCUT2D eigenvalue weighted by molar-refractivity contribution is 7.13. The van der Waals surface area contributed by atoms with Crippen molar-refractivity contribution in [1.82, 2.24) is 19.7 Å². The minimum Gasteiger partial charge on any atom is -0.396 e. The lowest BCUT2D eigenvalue weighted by Crippen LogP contribution is -2.21. The third-order valence-corrected chi connectivity index (χ3v) is 6.47. The van der Waals surface area contributed by atoms with E-state index in [9.17, 15) is 9.90 Å². The van der Waals surface area contributed by atoms with E-state index in [4.69, 9.17) is 5.10 Å². The fraction of sp³-hybridized carbons (Fsp3) is 0.208. The SMILES string of the molecule is CC(=O)Nc1ccc(C2=NN(Cc3cccnc3)c3nnc(C)n3-c3scc(CCO)c32)cc1. The zero-order valence-corrected chi connectivity index (χ0v) is 19.6. The molecule has 0 aliphatic carbocycles. The number of aliphatic hydroxyl groups excluding tert-OH is 1. The average Bonchev–Trinajstić information content (AvgIpc) is 3.37. The lowest BCUT2D eigenvalue weighted by atomic mass is 9.99. The van der Waals surface area contributed by atoms with E-state index >= 15 is 0 Å². The smallest absolute Gasteiger partial charge is 0.253 e. The molecule has 0 bridgehead atoms. The number of aliphatic hydroxyl groups is 1. The first-order valence-corrected chi connectivity index (χ1v) is 11.7. The number of hydrazone groups is 1. The first-order valence-electron chi connectivity index (χ1n) is 10.8. The maximum Gasteiger partial charge on any atom is 0.253 e. The van der Waals surface area contributed by atoms with E-state index in [1.54, 1.807) is 17.5 Å². The standard InChI is InChI=1S/C24H23N7O2S/c1-15-27-28-24-30(13-17-4-3-10-25-12-17)29-22(18-5-7-20(8-6-18)26-16(2)33)21-19(9-11-32)14-34-23(21)31(15)24/h3-8,10,12,14,32H,9,11,13H2,1-2H3,(H,26,33). The molecule has 0 saturated carbocycles. The summed E-state index contributed by atoms with van der Waals surface area (Å²) in [5.74, 6) is 1.24.